The number of unbranched alkanes of at least 4 members (excludes halogenated alkanes) is 4. The van der Waals surface area contributed by atoms with Crippen molar-refractivity contribution in [2.75, 3.05) is 0 Å². The summed E-state index contributed by atoms with van der Waals surface area (Å²) in [5, 5.41) is 0. The van der Waals surface area contributed by atoms with Gasteiger partial charge in [-0.05, 0) is 44.6 Å². The van der Waals surface area contributed by atoms with Crippen LogP contribution in [0, 0.1) is 0 Å². The van der Waals surface area contributed by atoms with Gasteiger partial charge in [-0.3, -0.25) is 4.79 Å². The molecule has 0 aliphatic heterocycles. The van der Waals surface area contributed by atoms with E-state index >= 15 is 0 Å². The SMILES string of the molecule is CCC=CCC=CCCCCCC=COC(C)=O. The van der Waals surface area contributed by atoms with Crippen LogP contribution in [0.5, 0.6) is 0 Å². The lowest BCUT2D eigenvalue weighted by atomic mass is 10.1. The summed E-state index contributed by atoms with van der Waals surface area (Å²) in [4.78, 5) is 10.5. The maximum atomic E-state index is 10.5. The number of allylic oxidation sites excluding steroid dienone is 5. The number of hydrogen-bond acceptors (Lipinski definition) is 2. The minimum atomic E-state index is -0.256. The third-order valence-electron chi connectivity index (χ3n) is 2.41. The highest BCUT2D eigenvalue weighted by atomic mass is 16.5. The number of carbonyl (C=O) groups is 1. The molecular formula is C16H26O2. The van der Waals surface area contributed by atoms with Crippen LogP contribution in [0.1, 0.15) is 58.8 Å². The second kappa shape index (κ2) is 13.8. The van der Waals surface area contributed by atoms with Crippen LogP contribution in [0.25, 0.3) is 0 Å². The molecule has 0 rings (SSSR count). The van der Waals surface area contributed by atoms with Gasteiger partial charge in [-0.2, -0.15) is 0 Å². The van der Waals surface area contributed by atoms with Gasteiger partial charge in [0.2, 0.25) is 0 Å². The van der Waals surface area contributed by atoms with E-state index in [0.717, 1.165) is 32.1 Å². The second-order valence-corrected chi connectivity index (χ2v) is 4.21. The van der Waals surface area contributed by atoms with Crippen molar-refractivity contribution < 1.29 is 9.53 Å². The Morgan fingerprint density at radius 3 is 2.28 bits per heavy atom. The van der Waals surface area contributed by atoms with Gasteiger partial charge in [0, 0.05) is 6.92 Å². The lowest BCUT2D eigenvalue weighted by molar-refractivity contribution is -0.135. The monoisotopic (exact) mass is 250 g/mol. The van der Waals surface area contributed by atoms with Crippen molar-refractivity contribution in [1.29, 1.82) is 0 Å². The predicted octanol–water partition coefficient (Wildman–Crippen LogP) is 4.93. The largest absolute Gasteiger partial charge is 0.435 e. The van der Waals surface area contributed by atoms with Crippen LogP contribution in [0.2, 0.25) is 0 Å². The van der Waals surface area contributed by atoms with Crippen LogP contribution >= 0.6 is 0 Å². The van der Waals surface area contributed by atoms with Gasteiger partial charge in [0.1, 0.15) is 0 Å². The Morgan fingerprint density at radius 1 is 0.944 bits per heavy atom. The molecule has 0 saturated heterocycles. The molecule has 0 aromatic rings. The quantitative estimate of drug-likeness (QED) is 0.238. The summed E-state index contributed by atoms with van der Waals surface area (Å²) in [6.07, 6.45) is 20.2. The first-order valence-electron chi connectivity index (χ1n) is 6.89. The first kappa shape index (κ1) is 16.7. The molecule has 0 aromatic heterocycles. The van der Waals surface area contributed by atoms with Crippen molar-refractivity contribution in [3.8, 4) is 0 Å². The highest BCUT2D eigenvalue weighted by Gasteiger charge is 1.87. The van der Waals surface area contributed by atoms with E-state index in [1.54, 1.807) is 0 Å². The molecule has 0 atom stereocenters. The Hall–Kier alpha value is -1.31. The molecule has 0 N–H and O–H groups in total. The molecule has 0 fully saturated rings. The molecule has 0 unspecified atom stereocenters. The minimum absolute atomic E-state index is 0.256. The fourth-order valence-electron chi connectivity index (χ4n) is 1.47. The summed E-state index contributed by atoms with van der Waals surface area (Å²) in [7, 11) is 0. The van der Waals surface area contributed by atoms with Crippen LogP contribution in [0.3, 0.4) is 0 Å². The van der Waals surface area contributed by atoms with Gasteiger partial charge in [0.05, 0.1) is 6.26 Å². The molecule has 0 saturated carbocycles. The number of hydrogen-bond donors (Lipinski definition) is 0. The Labute approximate surface area is 111 Å². The molecule has 2 nitrogen and oxygen atoms in total. The summed E-state index contributed by atoms with van der Waals surface area (Å²) in [6.45, 7) is 3.56. The maximum absolute atomic E-state index is 10.5. The van der Waals surface area contributed by atoms with Gasteiger partial charge in [-0.25, -0.2) is 0 Å². The Morgan fingerprint density at radius 2 is 1.61 bits per heavy atom. The van der Waals surface area contributed by atoms with Crippen molar-refractivity contribution in [3.05, 3.63) is 36.6 Å². The van der Waals surface area contributed by atoms with Gasteiger partial charge in [-0.1, -0.05) is 37.6 Å². The maximum Gasteiger partial charge on any atom is 0.307 e. The van der Waals surface area contributed by atoms with Crippen molar-refractivity contribution >= 4 is 5.97 Å². The van der Waals surface area contributed by atoms with E-state index < -0.39 is 0 Å². The zero-order chi connectivity index (χ0) is 13.5. The number of esters is 1. The average Bonchev–Trinajstić information content (AvgIpc) is 2.34. The summed E-state index contributed by atoms with van der Waals surface area (Å²) in [6, 6.07) is 0. The van der Waals surface area contributed by atoms with Gasteiger partial charge in [-0.15, -0.1) is 0 Å². The predicted molar refractivity (Wildman–Crippen MR) is 77.2 cm³/mol. The molecule has 0 aliphatic rings. The Kier molecular flexibility index (Phi) is 12.8. The first-order chi connectivity index (χ1) is 8.77. The van der Waals surface area contributed by atoms with E-state index in [1.807, 2.05) is 6.08 Å². The molecule has 0 bridgehead atoms. The lowest BCUT2D eigenvalue weighted by Crippen LogP contribution is -1.89. The van der Waals surface area contributed by atoms with Crippen LogP contribution < -0.4 is 0 Å². The smallest absolute Gasteiger partial charge is 0.307 e. The van der Waals surface area contributed by atoms with Crippen LogP contribution in [0.4, 0.5) is 0 Å². The molecule has 0 radical (unpaired) electrons. The van der Waals surface area contributed by atoms with E-state index in [-0.39, 0.29) is 5.97 Å². The van der Waals surface area contributed by atoms with Gasteiger partial charge >= 0.3 is 5.97 Å². The summed E-state index contributed by atoms with van der Waals surface area (Å²) in [5.74, 6) is -0.256. The standard InChI is InChI=1S/C16H26O2/c1-3-4-5-6-7-8-9-10-11-12-13-14-15-18-16(2)17/h4-5,7-8,14-15H,3,6,9-13H2,1-2H3. The molecule has 0 spiro atoms. The van der Waals surface area contributed by atoms with Crippen molar-refractivity contribution in [2.24, 2.45) is 0 Å². The van der Waals surface area contributed by atoms with Crippen molar-refractivity contribution in [3.63, 3.8) is 0 Å². The van der Waals surface area contributed by atoms with Gasteiger partial charge in [0.15, 0.2) is 0 Å². The molecule has 2 heteroatoms. The topological polar surface area (TPSA) is 26.3 Å². The highest BCUT2D eigenvalue weighted by Crippen LogP contribution is 2.05. The van der Waals surface area contributed by atoms with Crippen molar-refractivity contribution in [2.45, 2.75) is 58.8 Å². The highest BCUT2D eigenvalue weighted by molar-refractivity contribution is 5.66. The number of rotatable bonds is 10. The molecule has 102 valence electrons. The van der Waals surface area contributed by atoms with Crippen LogP contribution in [-0.2, 0) is 9.53 Å². The zero-order valence-electron chi connectivity index (χ0n) is 11.7. The van der Waals surface area contributed by atoms with Crippen LogP contribution in [-0.4, -0.2) is 5.97 Å². The summed E-state index contributed by atoms with van der Waals surface area (Å²) in [5.41, 5.74) is 0. The third kappa shape index (κ3) is 14.7. The molecule has 0 amide bonds. The molecule has 0 aliphatic carbocycles. The van der Waals surface area contributed by atoms with Gasteiger partial charge < -0.3 is 4.74 Å². The number of carbonyl (C=O) groups excluding carboxylic acids is 1. The summed E-state index contributed by atoms with van der Waals surface area (Å²) < 4.78 is 4.70. The van der Waals surface area contributed by atoms with Crippen molar-refractivity contribution in [1.82, 2.24) is 0 Å². The fraction of sp³-hybridized carbons (Fsp3) is 0.562. The normalized spacial score (nSPS) is 11.9. The Balaban J connectivity index is 3.23. The number of ether oxygens (including phenoxy) is 1. The molecule has 18 heavy (non-hydrogen) atoms. The molecule has 0 aromatic carbocycles. The molecule has 0 heterocycles. The Bertz CT molecular complexity index is 275. The fourth-order valence-corrected chi connectivity index (χ4v) is 1.47. The van der Waals surface area contributed by atoms with E-state index in [0.29, 0.717) is 0 Å². The minimum Gasteiger partial charge on any atom is -0.435 e. The first-order valence-corrected chi connectivity index (χ1v) is 6.89. The van der Waals surface area contributed by atoms with E-state index in [2.05, 4.69) is 31.2 Å². The molecular weight excluding hydrogens is 224 g/mol. The second-order valence-electron chi connectivity index (χ2n) is 4.21. The van der Waals surface area contributed by atoms with Crippen LogP contribution in [0.15, 0.2) is 36.6 Å². The van der Waals surface area contributed by atoms with E-state index in [9.17, 15) is 4.79 Å². The van der Waals surface area contributed by atoms with Gasteiger partial charge in [0.25, 0.3) is 0 Å². The zero-order valence-corrected chi connectivity index (χ0v) is 11.7. The third-order valence-corrected chi connectivity index (χ3v) is 2.41. The van der Waals surface area contributed by atoms with E-state index in [1.165, 1.54) is 26.0 Å². The summed E-state index contributed by atoms with van der Waals surface area (Å²) >= 11 is 0. The van der Waals surface area contributed by atoms with E-state index in [4.69, 9.17) is 4.74 Å². The lowest BCUT2D eigenvalue weighted by Gasteiger charge is -1.95. The average molecular weight is 250 g/mol.